The van der Waals surface area contributed by atoms with Crippen molar-refractivity contribution >= 4 is 39.0 Å². The molecule has 7 heteroatoms. The van der Waals surface area contributed by atoms with Gasteiger partial charge in [0.1, 0.15) is 11.6 Å². The molecule has 0 bridgehead atoms. The van der Waals surface area contributed by atoms with Gasteiger partial charge >= 0.3 is 5.97 Å². The van der Waals surface area contributed by atoms with Gasteiger partial charge in [-0.15, -0.1) is 0 Å². The van der Waals surface area contributed by atoms with Crippen LogP contribution in [0.1, 0.15) is 10.4 Å². The lowest BCUT2D eigenvalue weighted by atomic mass is 10.1. The number of ether oxygens (including phenoxy) is 1. The fourth-order valence-electron chi connectivity index (χ4n) is 1.78. The number of rotatable bonds is 4. The second-order valence-corrected chi connectivity index (χ2v) is 5.14. The van der Waals surface area contributed by atoms with Crippen LogP contribution in [0.15, 0.2) is 34.8 Å². The van der Waals surface area contributed by atoms with Gasteiger partial charge < -0.3 is 20.9 Å². The van der Waals surface area contributed by atoms with Crippen molar-refractivity contribution in [1.29, 1.82) is 0 Å². The van der Waals surface area contributed by atoms with Crippen LogP contribution in [0.25, 0.3) is 0 Å². The number of carboxylic acid groups (broad SMARTS) is 1. The van der Waals surface area contributed by atoms with Crippen LogP contribution in [-0.2, 0) is 0 Å². The molecular weight excluding hydrogens is 343 g/mol. The minimum Gasteiger partial charge on any atom is -0.497 e. The van der Waals surface area contributed by atoms with E-state index in [-0.39, 0.29) is 16.9 Å². The molecule has 2 aromatic carbocycles. The van der Waals surface area contributed by atoms with E-state index in [1.807, 2.05) is 0 Å². The van der Waals surface area contributed by atoms with E-state index in [2.05, 4.69) is 21.2 Å². The zero-order chi connectivity index (χ0) is 15.6. The van der Waals surface area contributed by atoms with E-state index in [0.29, 0.717) is 11.4 Å². The minimum absolute atomic E-state index is 0.0155. The van der Waals surface area contributed by atoms with Crippen molar-refractivity contribution in [3.05, 3.63) is 46.2 Å². The van der Waals surface area contributed by atoms with E-state index in [1.54, 1.807) is 18.2 Å². The highest BCUT2D eigenvalue weighted by Crippen LogP contribution is 2.29. The SMILES string of the molecule is COc1cc(Br)cc(Nc2cc(C(=O)O)c(N)cc2F)c1. The van der Waals surface area contributed by atoms with Crippen LogP contribution in [0.2, 0.25) is 0 Å². The maximum Gasteiger partial charge on any atom is 0.337 e. The minimum atomic E-state index is -1.22. The van der Waals surface area contributed by atoms with Crippen molar-refractivity contribution in [3.63, 3.8) is 0 Å². The average molecular weight is 355 g/mol. The summed E-state index contributed by atoms with van der Waals surface area (Å²) in [6.45, 7) is 0. The number of halogens is 2. The molecule has 2 aromatic rings. The number of nitrogens with one attached hydrogen (secondary N) is 1. The number of aromatic carboxylic acids is 1. The van der Waals surface area contributed by atoms with Crippen LogP contribution in [0.3, 0.4) is 0 Å². The molecule has 0 fully saturated rings. The summed E-state index contributed by atoms with van der Waals surface area (Å²) >= 11 is 3.31. The van der Waals surface area contributed by atoms with Gasteiger partial charge in [-0.05, 0) is 24.3 Å². The van der Waals surface area contributed by atoms with E-state index in [1.165, 1.54) is 7.11 Å². The van der Waals surface area contributed by atoms with Crippen molar-refractivity contribution in [3.8, 4) is 5.75 Å². The number of nitrogen functional groups attached to an aromatic ring is 1. The van der Waals surface area contributed by atoms with Crippen LogP contribution >= 0.6 is 15.9 Å². The maximum atomic E-state index is 13.9. The summed E-state index contributed by atoms with van der Waals surface area (Å²) in [6, 6.07) is 7.23. The number of methoxy groups -OCH3 is 1. The van der Waals surface area contributed by atoms with E-state index in [9.17, 15) is 9.18 Å². The molecule has 0 saturated carbocycles. The third-order valence-corrected chi connectivity index (χ3v) is 3.21. The topological polar surface area (TPSA) is 84.6 Å². The Balaban J connectivity index is 2.41. The second-order valence-electron chi connectivity index (χ2n) is 4.23. The van der Waals surface area contributed by atoms with Crippen molar-refractivity contribution in [2.45, 2.75) is 0 Å². The first-order chi connectivity index (χ1) is 9.90. The van der Waals surface area contributed by atoms with Gasteiger partial charge in [0.25, 0.3) is 0 Å². The zero-order valence-electron chi connectivity index (χ0n) is 11.0. The first-order valence-corrected chi connectivity index (χ1v) is 6.64. The Morgan fingerprint density at radius 2 is 2.05 bits per heavy atom. The highest BCUT2D eigenvalue weighted by atomic mass is 79.9. The lowest BCUT2D eigenvalue weighted by Crippen LogP contribution is -2.05. The van der Waals surface area contributed by atoms with Gasteiger partial charge in [-0.2, -0.15) is 0 Å². The van der Waals surface area contributed by atoms with Gasteiger partial charge in [0.05, 0.1) is 18.4 Å². The lowest BCUT2D eigenvalue weighted by molar-refractivity contribution is 0.0698. The Hall–Kier alpha value is -2.28. The number of anilines is 3. The van der Waals surface area contributed by atoms with Gasteiger partial charge in [0.2, 0.25) is 0 Å². The normalized spacial score (nSPS) is 10.2. The third kappa shape index (κ3) is 3.43. The lowest BCUT2D eigenvalue weighted by Gasteiger charge is -2.12. The summed E-state index contributed by atoms with van der Waals surface area (Å²) in [4.78, 5) is 11.0. The summed E-state index contributed by atoms with van der Waals surface area (Å²) in [7, 11) is 1.51. The molecule has 0 aliphatic carbocycles. The molecule has 0 aliphatic rings. The van der Waals surface area contributed by atoms with E-state index < -0.39 is 11.8 Å². The largest absolute Gasteiger partial charge is 0.497 e. The molecule has 0 amide bonds. The predicted octanol–water partition coefficient (Wildman–Crippen LogP) is 3.62. The third-order valence-electron chi connectivity index (χ3n) is 2.76. The molecule has 110 valence electrons. The Bertz CT molecular complexity index is 707. The first kappa shape index (κ1) is 15.1. The molecule has 0 unspecified atom stereocenters. The number of carboxylic acids is 1. The molecule has 0 atom stereocenters. The maximum absolute atomic E-state index is 13.9. The number of nitrogens with two attached hydrogens (primary N) is 1. The quantitative estimate of drug-likeness (QED) is 0.730. The van der Waals surface area contributed by atoms with Gasteiger partial charge in [0, 0.05) is 21.9 Å². The Kier molecular flexibility index (Phi) is 4.32. The average Bonchev–Trinajstić information content (AvgIpc) is 2.40. The summed E-state index contributed by atoms with van der Waals surface area (Å²) < 4.78 is 19.7. The smallest absolute Gasteiger partial charge is 0.337 e. The number of benzene rings is 2. The summed E-state index contributed by atoms with van der Waals surface area (Å²) in [6.07, 6.45) is 0. The molecule has 0 radical (unpaired) electrons. The van der Waals surface area contributed by atoms with Crippen molar-refractivity contribution in [2.75, 3.05) is 18.2 Å². The molecule has 0 heterocycles. The van der Waals surface area contributed by atoms with Gasteiger partial charge in [-0.1, -0.05) is 15.9 Å². The predicted molar refractivity (Wildman–Crippen MR) is 81.7 cm³/mol. The zero-order valence-corrected chi connectivity index (χ0v) is 12.6. The highest BCUT2D eigenvalue weighted by Gasteiger charge is 2.13. The number of hydrogen-bond acceptors (Lipinski definition) is 4. The van der Waals surface area contributed by atoms with Crippen molar-refractivity contribution in [2.24, 2.45) is 0 Å². The fourth-order valence-corrected chi connectivity index (χ4v) is 2.25. The molecule has 5 nitrogen and oxygen atoms in total. The van der Waals surface area contributed by atoms with Crippen LogP contribution in [0.5, 0.6) is 5.75 Å². The monoisotopic (exact) mass is 354 g/mol. The molecule has 21 heavy (non-hydrogen) atoms. The van der Waals surface area contributed by atoms with E-state index in [4.69, 9.17) is 15.6 Å². The summed E-state index contributed by atoms with van der Waals surface area (Å²) in [5.74, 6) is -1.29. The van der Waals surface area contributed by atoms with E-state index in [0.717, 1.165) is 16.6 Å². The molecule has 0 aliphatic heterocycles. The Labute approximate surface area is 128 Å². The second kappa shape index (κ2) is 6.01. The highest BCUT2D eigenvalue weighted by molar-refractivity contribution is 9.10. The van der Waals surface area contributed by atoms with Crippen LogP contribution < -0.4 is 15.8 Å². The molecule has 0 saturated heterocycles. The van der Waals surface area contributed by atoms with Crippen LogP contribution in [0, 0.1) is 5.82 Å². The fraction of sp³-hybridized carbons (Fsp3) is 0.0714. The van der Waals surface area contributed by atoms with Crippen molar-refractivity contribution in [1.82, 2.24) is 0 Å². The Morgan fingerprint density at radius 1 is 1.33 bits per heavy atom. The van der Waals surface area contributed by atoms with E-state index >= 15 is 0 Å². The first-order valence-electron chi connectivity index (χ1n) is 5.84. The summed E-state index contributed by atoms with van der Waals surface area (Å²) in [5, 5.41) is 11.8. The number of carbonyl (C=O) groups is 1. The molecular formula is C14H12BrFN2O3. The molecule has 0 spiro atoms. The number of hydrogen-bond donors (Lipinski definition) is 3. The van der Waals surface area contributed by atoms with Crippen LogP contribution in [0.4, 0.5) is 21.5 Å². The van der Waals surface area contributed by atoms with Gasteiger partial charge in [0.15, 0.2) is 0 Å². The van der Waals surface area contributed by atoms with Gasteiger partial charge in [-0.3, -0.25) is 0 Å². The van der Waals surface area contributed by atoms with Crippen molar-refractivity contribution < 1.29 is 19.0 Å². The Morgan fingerprint density at radius 3 is 2.67 bits per heavy atom. The van der Waals surface area contributed by atoms with Gasteiger partial charge in [-0.25, -0.2) is 9.18 Å². The molecule has 4 N–H and O–H groups in total. The molecule has 0 aromatic heterocycles. The standard InChI is InChI=1S/C14H12BrFN2O3/c1-21-9-3-7(15)2-8(4-9)18-13-5-10(14(19)20)12(17)6-11(13)16/h2-6,18H,17H2,1H3,(H,19,20). The van der Waals surface area contributed by atoms with Crippen LogP contribution in [-0.4, -0.2) is 18.2 Å². The molecule has 2 rings (SSSR count). The summed E-state index contributed by atoms with van der Waals surface area (Å²) in [5.41, 5.74) is 5.74.